The minimum atomic E-state index is -0.395. The number of aliphatic hydroxyl groups excluding tert-OH is 1. The third kappa shape index (κ3) is 11.1. The van der Waals surface area contributed by atoms with Crippen LogP contribution in [-0.2, 0) is 4.74 Å². The van der Waals surface area contributed by atoms with Crippen LogP contribution < -0.4 is 28.4 Å². The molecule has 2 heterocycles. The van der Waals surface area contributed by atoms with E-state index >= 15 is 0 Å². The number of carbonyl (C=O) groups excluding carboxylic acids is 3. The predicted octanol–water partition coefficient (Wildman–Crippen LogP) is 12.2. The van der Waals surface area contributed by atoms with Crippen molar-refractivity contribution in [3.63, 3.8) is 0 Å². The maximum absolute atomic E-state index is 13.8. The van der Waals surface area contributed by atoms with E-state index in [1.807, 2.05) is 91.0 Å². The second-order valence-electron chi connectivity index (χ2n) is 15.4. The fourth-order valence-electron chi connectivity index (χ4n) is 7.56. The summed E-state index contributed by atoms with van der Waals surface area (Å²) in [5.74, 6) is 3.65. The zero-order valence-corrected chi connectivity index (χ0v) is 40.4. The van der Waals surface area contributed by atoms with E-state index in [1.54, 1.807) is 124 Å². The molecule has 7 aromatic carbocycles. The van der Waals surface area contributed by atoms with Crippen LogP contribution in [-0.4, -0.2) is 77.5 Å². The number of esters is 1. The lowest BCUT2D eigenvalue weighted by molar-refractivity contribution is 0.0450. The van der Waals surface area contributed by atoms with Crippen molar-refractivity contribution in [2.75, 3.05) is 54.9 Å². The number of benzene rings is 7. The Hall–Kier alpha value is -7.97. The van der Waals surface area contributed by atoms with Crippen molar-refractivity contribution in [1.82, 2.24) is 0 Å². The lowest BCUT2D eigenvalue weighted by atomic mass is 9.97. The highest BCUT2D eigenvalue weighted by atomic mass is 32.1. The number of hydrogen-bond donors (Lipinski definition) is 1. The summed E-state index contributed by atoms with van der Waals surface area (Å²) < 4.78 is 39.7. The van der Waals surface area contributed by atoms with Gasteiger partial charge in [0.05, 0.1) is 40.6 Å². The van der Waals surface area contributed by atoms with Gasteiger partial charge in [-0.1, -0.05) is 18.2 Å². The van der Waals surface area contributed by atoms with Gasteiger partial charge in [-0.25, -0.2) is 4.79 Å². The monoisotopic (exact) mass is 972 g/mol. The van der Waals surface area contributed by atoms with Gasteiger partial charge >= 0.3 is 5.97 Å². The Kier molecular flexibility index (Phi) is 15.9. The number of methoxy groups -OCH3 is 4. The molecule has 0 saturated heterocycles. The first-order valence-electron chi connectivity index (χ1n) is 22.1. The van der Waals surface area contributed by atoms with Gasteiger partial charge in [-0.2, -0.15) is 0 Å². The summed E-state index contributed by atoms with van der Waals surface area (Å²) in [6, 6.07) is 49.7. The Morgan fingerprint density at radius 1 is 0.429 bits per heavy atom. The Labute approximate surface area is 413 Å². The van der Waals surface area contributed by atoms with Crippen molar-refractivity contribution in [2.24, 2.45) is 0 Å². The molecule has 9 aromatic rings. The van der Waals surface area contributed by atoms with Crippen molar-refractivity contribution in [3.8, 4) is 55.4 Å². The van der Waals surface area contributed by atoms with Gasteiger partial charge in [0, 0.05) is 52.2 Å². The third-order valence-corrected chi connectivity index (χ3v) is 13.5. The highest BCUT2D eigenvalue weighted by molar-refractivity contribution is 7.23. The number of ether oxygens (including phenoxy) is 7. The molecule has 0 bridgehead atoms. The molecule has 0 atom stereocenters. The summed E-state index contributed by atoms with van der Waals surface area (Å²) in [7, 11) is 6.51. The van der Waals surface area contributed by atoms with Gasteiger partial charge in [-0.15, -0.1) is 22.7 Å². The number of aliphatic hydroxyl groups is 1. The van der Waals surface area contributed by atoms with Gasteiger partial charge in [0.15, 0.2) is 11.6 Å². The van der Waals surface area contributed by atoms with Crippen LogP contribution in [0.2, 0.25) is 0 Å². The number of fused-ring (bicyclic) bond motifs is 2. The molecule has 0 radical (unpaired) electrons. The first-order chi connectivity index (χ1) is 34.2. The first-order valence-corrected chi connectivity index (χ1v) is 23.7. The summed E-state index contributed by atoms with van der Waals surface area (Å²) in [5, 5.41) is 10.7. The van der Waals surface area contributed by atoms with E-state index in [-0.39, 0.29) is 38.0 Å². The molecule has 70 heavy (non-hydrogen) atoms. The number of carbonyl (C=O) groups is 3. The fourth-order valence-corrected chi connectivity index (χ4v) is 10.0. The standard InChI is InChI=1S/C32H26O6S.C25H22O5S/c1-35-24-12-10-22(11-13-24)31-29(27-17-16-26(36-2)20-28(27)39-31)30(33)21-8-14-25(15-9-21)37-18-19-38-32(34)23-6-4-3-5-7-23;1-28-18-7-5-17(6-8-18)25-23(21-12-11-20(29-2)15-22(21)31-25)24(27)16-3-9-19(10-4-16)30-14-13-26/h3-17,20H,18-19H2,1-2H3;3-12,15,26H,13-14H2,1-2H3. The Morgan fingerprint density at radius 2 is 0.829 bits per heavy atom. The summed E-state index contributed by atoms with van der Waals surface area (Å²) in [6.07, 6.45) is 0. The molecule has 11 nitrogen and oxygen atoms in total. The normalized spacial score (nSPS) is 10.8. The molecule has 9 rings (SSSR count). The van der Waals surface area contributed by atoms with E-state index in [4.69, 9.17) is 38.3 Å². The van der Waals surface area contributed by atoms with Crippen LogP contribution in [0, 0.1) is 0 Å². The molecule has 0 amide bonds. The van der Waals surface area contributed by atoms with Crippen LogP contribution in [0.4, 0.5) is 0 Å². The number of rotatable bonds is 18. The zero-order valence-electron chi connectivity index (χ0n) is 38.8. The van der Waals surface area contributed by atoms with Gasteiger partial charge in [0.1, 0.15) is 54.3 Å². The van der Waals surface area contributed by atoms with E-state index in [0.717, 1.165) is 64.1 Å². The molecule has 0 aliphatic rings. The maximum atomic E-state index is 13.8. The summed E-state index contributed by atoms with van der Waals surface area (Å²) >= 11 is 3.12. The molecule has 0 saturated carbocycles. The molecule has 0 spiro atoms. The molecule has 0 aliphatic heterocycles. The van der Waals surface area contributed by atoms with E-state index in [1.165, 1.54) is 0 Å². The molecule has 354 valence electrons. The van der Waals surface area contributed by atoms with Crippen LogP contribution in [0.15, 0.2) is 164 Å². The maximum Gasteiger partial charge on any atom is 0.338 e. The Balaban J connectivity index is 0.000000193. The third-order valence-electron chi connectivity index (χ3n) is 11.1. The van der Waals surface area contributed by atoms with E-state index < -0.39 is 5.97 Å². The second kappa shape index (κ2) is 22.9. The van der Waals surface area contributed by atoms with Gasteiger partial charge in [0.2, 0.25) is 0 Å². The molecule has 2 aromatic heterocycles. The van der Waals surface area contributed by atoms with Gasteiger partial charge in [0.25, 0.3) is 0 Å². The fraction of sp³-hybridized carbons (Fsp3) is 0.140. The highest BCUT2D eigenvalue weighted by Crippen LogP contribution is 2.43. The second-order valence-corrected chi connectivity index (χ2v) is 17.5. The van der Waals surface area contributed by atoms with Crippen molar-refractivity contribution >= 4 is 60.4 Å². The molecule has 0 aliphatic carbocycles. The van der Waals surface area contributed by atoms with E-state index in [0.29, 0.717) is 39.3 Å². The predicted molar refractivity (Wildman–Crippen MR) is 275 cm³/mol. The van der Waals surface area contributed by atoms with Crippen molar-refractivity contribution in [3.05, 3.63) is 192 Å². The Bertz CT molecular complexity index is 3210. The van der Waals surface area contributed by atoms with Crippen LogP contribution in [0.25, 0.3) is 41.1 Å². The smallest absolute Gasteiger partial charge is 0.338 e. The van der Waals surface area contributed by atoms with Gasteiger partial charge in [-0.3, -0.25) is 9.59 Å². The van der Waals surface area contributed by atoms with Crippen LogP contribution in [0.1, 0.15) is 42.2 Å². The molecule has 0 unspecified atom stereocenters. The molecular weight excluding hydrogens is 925 g/mol. The minimum absolute atomic E-state index is 0.0593. The van der Waals surface area contributed by atoms with Crippen LogP contribution >= 0.6 is 22.7 Å². The largest absolute Gasteiger partial charge is 0.497 e. The van der Waals surface area contributed by atoms with Crippen LogP contribution in [0.3, 0.4) is 0 Å². The lowest BCUT2D eigenvalue weighted by Crippen LogP contribution is -2.12. The molecule has 13 heteroatoms. The molecule has 1 N–H and O–H groups in total. The average Bonchev–Trinajstić information content (AvgIpc) is 4.00. The number of thiophene rings is 2. The average molecular weight is 973 g/mol. The summed E-state index contributed by atoms with van der Waals surface area (Å²) in [5.41, 5.74) is 4.80. The van der Waals surface area contributed by atoms with Gasteiger partial charge < -0.3 is 38.3 Å². The molecular formula is C57H48O11S2. The zero-order chi connectivity index (χ0) is 49.0. The number of hydrogen-bond acceptors (Lipinski definition) is 13. The Morgan fingerprint density at radius 3 is 1.24 bits per heavy atom. The van der Waals surface area contributed by atoms with E-state index in [9.17, 15) is 14.4 Å². The summed E-state index contributed by atoms with van der Waals surface area (Å²) in [6.45, 7) is 0.469. The van der Waals surface area contributed by atoms with Crippen LogP contribution in [0.5, 0.6) is 34.5 Å². The van der Waals surface area contributed by atoms with Crippen molar-refractivity contribution in [2.45, 2.75) is 0 Å². The van der Waals surface area contributed by atoms with Crippen molar-refractivity contribution in [1.29, 1.82) is 0 Å². The molecule has 0 fully saturated rings. The number of ketones is 2. The lowest BCUT2D eigenvalue weighted by Gasteiger charge is -2.09. The minimum Gasteiger partial charge on any atom is -0.497 e. The van der Waals surface area contributed by atoms with Crippen molar-refractivity contribution < 1.29 is 52.6 Å². The topological polar surface area (TPSA) is 136 Å². The quantitative estimate of drug-likeness (QED) is 0.0500. The summed E-state index contributed by atoms with van der Waals surface area (Å²) in [4.78, 5) is 41.2. The SMILES string of the molecule is COc1ccc(-c2sc3cc(OC)ccc3c2C(=O)c2ccc(OCCO)cc2)cc1.COc1ccc(-c2sc3cc(OC)ccc3c2C(=O)c2ccc(OCCOC(=O)c3ccccc3)cc2)cc1. The van der Waals surface area contributed by atoms with Gasteiger partial charge in [-0.05, 0) is 157 Å². The first kappa shape index (κ1) is 48.5. The highest BCUT2D eigenvalue weighted by Gasteiger charge is 2.24. The van der Waals surface area contributed by atoms with E-state index in [2.05, 4.69) is 0 Å².